The maximum Gasteiger partial charge on any atom is 0.407 e. The molecule has 0 aliphatic carbocycles. The molecule has 2 atom stereocenters. The molecule has 3 nitrogen and oxygen atoms in total. The Kier molecular flexibility index (Phi) is 5.12. The molecule has 24 heavy (non-hydrogen) atoms. The minimum atomic E-state index is -0.347. The quantitative estimate of drug-likeness (QED) is 0.803. The molecule has 0 radical (unpaired) electrons. The van der Waals surface area contributed by atoms with Gasteiger partial charge in [0.25, 0.3) is 0 Å². The monoisotopic (exact) mass is 319 g/mol. The summed E-state index contributed by atoms with van der Waals surface area (Å²) in [5.41, 5.74) is 3.25. The van der Waals surface area contributed by atoms with Gasteiger partial charge in [-0.05, 0) is 17.5 Å². The molecule has 0 aromatic heterocycles. The lowest BCUT2D eigenvalue weighted by Crippen LogP contribution is -2.33. The number of carbonyl (C=O) groups excluding carboxylic acids is 1. The van der Waals surface area contributed by atoms with Crippen LogP contribution < -0.4 is 5.32 Å². The predicted octanol–water partition coefficient (Wildman–Crippen LogP) is 4.37. The van der Waals surface area contributed by atoms with E-state index in [1.54, 1.807) is 0 Å². The Bertz CT molecular complexity index is 722. The van der Waals surface area contributed by atoms with E-state index in [2.05, 4.69) is 24.0 Å². The summed E-state index contributed by atoms with van der Waals surface area (Å²) in [5.74, 6) is 0. The molecule has 0 bridgehead atoms. The topological polar surface area (TPSA) is 38.3 Å². The third-order valence-corrected chi connectivity index (χ3v) is 4.08. The first-order valence-electron chi connectivity index (χ1n) is 8.13. The number of alkyl carbamates (subject to hydrolysis) is 1. The van der Waals surface area contributed by atoms with Crippen LogP contribution in [0.3, 0.4) is 0 Å². The maximum absolute atomic E-state index is 11.6. The Morgan fingerprint density at radius 3 is 2.46 bits per heavy atom. The Hall–Kier alpha value is -2.81. The van der Waals surface area contributed by atoms with Crippen molar-refractivity contribution in [3.63, 3.8) is 0 Å². The van der Waals surface area contributed by atoms with E-state index in [0.717, 1.165) is 17.6 Å². The smallest absolute Gasteiger partial charge is 0.407 e. The third kappa shape index (κ3) is 4.35. The minimum absolute atomic E-state index is 0.0261. The standard InChI is InChI=1S/C21H21NO2/c1-16(12-13-17-8-4-2-5-9-17)14-20-19(22-21(23)24-20)15-18-10-6-3-7-11-18/h2-13,19-20H,1,14-15H2,(H,22,23)/b13-12+/t19-,20-/m0/s1. The van der Waals surface area contributed by atoms with Crippen LogP contribution in [0.1, 0.15) is 17.5 Å². The van der Waals surface area contributed by atoms with Crippen LogP contribution in [0.5, 0.6) is 0 Å². The number of hydrogen-bond acceptors (Lipinski definition) is 2. The van der Waals surface area contributed by atoms with Crippen molar-refractivity contribution in [3.8, 4) is 0 Å². The fraction of sp³-hybridized carbons (Fsp3) is 0.190. The third-order valence-electron chi connectivity index (χ3n) is 4.08. The second-order valence-electron chi connectivity index (χ2n) is 5.99. The summed E-state index contributed by atoms with van der Waals surface area (Å²) in [6.45, 7) is 4.09. The van der Waals surface area contributed by atoms with E-state index < -0.39 is 0 Å². The number of allylic oxidation sites excluding steroid dienone is 1. The van der Waals surface area contributed by atoms with Crippen molar-refractivity contribution in [2.75, 3.05) is 0 Å². The van der Waals surface area contributed by atoms with E-state index >= 15 is 0 Å². The van der Waals surface area contributed by atoms with Crippen LogP contribution in [-0.4, -0.2) is 18.2 Å². The van der Waals surface area contributed by atoms with E-state index in [-0.39, 0.29) is 18.2 Å². The Morgan fingerprint density at radius 2 is 1.75 bits per heavy atom. The highest BCUT2D eigenvalue weighted by Gasteiger charge is 2.33. The summed E-state index contributed by atoms with van der Waals surface area (Å²) < 4.78 is 5.42. The van der Waals surface area contributed by atoms with Gasteiger partial charge in [-0.25, -0.2) is 4.79 Å². The second-order valence-corrected chi connectivity index (χ2v) is 5.99. The average molecular weight is 319 g/mol. The Balaban J connectivity index is 1.61. The first-order valence-corrected chi connectivity index (χ1v) is 8.13. The Morgan fingerprint density at radius 1 is 1.08 bits per heavy atom. The summed E-state index contributed by atoms with van der Waals surface area (Å²) in [5, 5.41) is 2.91. The van der Waals surface area contributed by atoms with Crippen molar-refractivity contribution in [2.45, 2.75) is 25.0 Å². The van der Waals surface area contributed by atoms with E-state index in [4.69, 9.17) is 4.74 Å². The van der Waals surface area contributed by atoms with Gasteiger partial charge in [-0.2, -0.15) is 0 Å². The van der Waals surface area contributed by atoms with Crippen LogP contribution in [-0.2, 0) is 11.2 Å². The summed E-state index contributed by atoms with van der Waals surface area (Å²) in [6.07, 6.45) is 4.86. The van der Waals surface area contributed by atoms with Gasteiger partial charge in [0.1, 0.15) is 6.10 Å². The van der Waals surface area contributed by atoms with Gasteiger partial charge in [-0.3, -0.25) is 0 Å². The zero-order valence-electron chi connectivity index (χ0n) is 13.5. The van der Waals surface area contributed by atoms with Crippen LogP contribution in [0.4, 0.5) is 4.79 Å². The summed E-state index contributed by atoms with van der Waals surface area (Å²) in [6, 6.07) is 20.2. The number of carbonyl (C=O) groups is 1. The van der Waals surface area contributed by atoms with Gasteiger partial charge in [0.2, 0.25) is 0 Å². The van der Waals surface area contributed by atoms with Crippen molar-refractivity contribution in [1.29, 1.82) is 0 Å². The molecule has 3 heteroatoms. The zero-order valence-corrected chi connectivity index (χ0v) is 13.5. The van der Waals surface area contributed by atoms with Crippen molar-refractivity contribution >= 4 is 12.2 Å². The largest absolute Gasteiger partial charge is 0.444 e. The highest BCUT2D eigenvalue weighted by atomic mass is 16.6. The number of hydrogen-bond donors (Lipinski definition) is 1. The van der Waals surface area contributed by atoms with Crippen molar-refractivity contribution in [2.24, 2.45) is 0 Å². The molecular formula is C21H21NO2. The van der Waals surface area contributed by atoms with E-state index in [1.165, 1.54) is 5.56 Å². The van der Waals surface area contributed by atoms with Crippen molar-refractivity contribution in [1.82, 2.24) is 5.32 Å². The fourth-order valence-electron chi connectivity index (χ4n) is 2.84. The second kappa shape index (κ2) is 7.64. The number of benzene rings is 2. The first kappa shape index (κ1) is 16.1. The highest BCUT2D eigenvalue weighted by molar-refractivity contribution is 5.70. The van der Waals surface area contributed by atoms with Crippen LogP contribution in [0.25, 0.3) is 6.08 Å². The molecule has 0 unspecified atom stereocenters. The van der Waals surface area contributed by atoms with Crippen LogP contribution in [0.2, 0.25) is 0 Å². The summed E-state index contributed by atoms with van der Waals surface area (Å²) >= 11 is 0. The molecule has 1 aliphatic heterocycles. The molecule has 3 rings (SSSR count). The van der Waals surface area contributed by atoms with E-state index in [1.807, 2.05) is 60.7 Å². The zero-order chi connectivity index (χ0) is 16.8. The van der Waals surface area contributed by atoms with Gasteiger partial charge in [-0.15, -0.1) is 0 Å². The van der Waals surface area contributed by atoms with Crippen LogP contribution in [0, 0.1) is 0 Å². The van der Waals surface area contributed by atoms with Gasteiger partial charge in [-0.1, -0.05) is 85.0 Å². The molecule has 122 valence electrons. The predicted molar refractivity (Wildman–Crippen MR) is 96.6 cm³/mol. The van der Waals surface area contributed by atoms with Crippen LogP contribution in [0.15, 0.2) is 78.9 Å². The number of nitrogens with one attached hydrogen (secondary N) is 1. The molecule has 0 saturated carbocycles. The summed E-state index contributed by atoms with van der Waals surface area (Å²) in [4.78, 5) is 11.6. The molecule has 2 aromatic rings. The van der Waals surface area contributed by atoms with Crippen LogP contribution >= 0.6 is 0 Å². The first-order chi connectivity index (χ1) is 11.7. The molecule has 1 N–H and O–H groups in total. The van der Waals surface area contributed by atoms with Gasteiger partial charge < -0.3 is 10.1 Å². The molecule has 0 spiro atoms. The molecule has 1 heterocycles. The molecule has 1 saturated heterocycles. The number of cyclic esters (lactones) is 1. The average Bonchev–Trinajstić information content (AvgIpc) is 2.94. The maximum atomic E-state index is 11.6. The molecular weight excluding hydrogens is 298 g/mol. The lowest BCUT2D eigenvalue weighted by atomic mass is 9.97. The highest BCUT2D eigenvalue weighted by Crippen LogP contribution is 2.21. The number of ether oxygens (including phenoxy) is 1. The van der Waals surface area contributed by atoms with Crippen molar-refractivity contribution in [3.05, 3.63) is 90.0 Å². The van der Waals surface area contributed by atoms with Gasteiger partial charge in [0.15, 0.2) is 0 Å². The van der Waals surface area contributed by atoms with Gasteiger partial charge in [0, 0.05) is 6.42 Å². The van der Waals surface area contributed by atoms with Gasteiger partial charge in [0.05, 0.1) is 6.04 Å². The summed E-state index contributed by atoms with van der Waals surface area (Å²) in [7, 11) is 0. The molecule has 1 amide bonds. The lowest BCUT2D eigenvalue weighted by molar-refractivity contribution is 0.132. The number of rotatable bonds is 6. The van der Waals surface area contributed by atoms with E-state index in [0.29, 0.717) is 6.42 Å². The Labute approximate surface area is 142 Å². The molecule has 1 aliphatic rings. The molecule has 1 fully saturated rings. The SMILES string of the molecule is C=C(/C=C/c1ccccc1)C[C@@H]1OC(=O)N[C@H]1Cc1ccccc1. The fourth-order valence-corrected chi connectivity index (χ4v) is 2.84. The minimum Gasteiger partial charge on any atom is -0.444 e. The van der Waals surface area contributed by atoms with Gasteiger partial charge >= 0.3 is 6.09 Å². The number of amides is 1. The lowest BCUT2D eigenvalue weighted by Gasteiger charge is -2.17. The molecule has 2 aromatic carbocycles. The normalized spacial score (nSPS) is 19.9. The van der Waals surface area contributed by atoms with Crippen molar-refractivity contribution < 1.29 is 9.53 Å². The van der Waals surface area contributed by atoms with E-state index in [9.17, 15) is 4.79 Å².